The minimum atomic E-state index is -2.94. The summed E-state index contributed by atoms with van der Waals surface area (Å²) in [6, 6.07) is 19.6. The van der Waals surface area contributed by atoms with Crippen LogP contribution in [0.2, 0.25) is 0 Å². The minimum absolute atomic E-state index is 0.0446. The first-order valence-corrected chi connectivity index (χ1v) is 28.2. The van der Waals surface area contributed by atoms with E-state index in [0.29, 0.717) is 13.2 Å². The van der Waals surface area contributed by atoms with Crippen LogP contribution in [0.1, 0.15) is 23.2 Å². The first kappa shape index (κ1) is 33.3. The van der Waals surface area contributed by atoms with Gasteiger partial charge < -0.3 is 9.05 Å². The van der Waals surface area contributed by atoms with Crippen molar-refractivity contribution in [3.63, 3.8) is 0 Å². The monoisotopic (exact) mass is 820 g/mol. The molecule has 2 fully saturated rings. The first-order chi connectivity index (χ1) is 18.6. The molecule has 10 nitrogen and oxygen atoms in total. The van der Waals surface area contributed by atoms with Crippen molar-refractivity contribution >= 4 is 129 Å². The summed E-state index contributed by atoms with van der Waals surface area (Å²) in [7, 11) is -5.46. The Morgan fingerprint density at radius 3 is 1.15 bits per heavy atom. The molecule has 4 heterocycles. The normalized spacial score (nSPS) is 34.1. The van der Waals surface area contributed by atoms with Gasteiger partial charge in [0.1, 0.15) is 0 Å². The van der Waals surface area contributed by atoms with Gasteiger partial charge in [0.25, 0.3) is 38.8 Å². The molecule has 6 rings (SSSR count). The fraction of sp³-hybridized carbons (Fsp3) is 0.250. The van der Waals surface area contributed by atoms with Crippen molar-refractivity contribution in [1.82, 2.24) is 10.2 Å². The quantitative estimate of drug-likeness (QED) is 0.293. The molecule has 40 heavy (non-hydrogen) atoms. The number of halogens is 8. The molecule has 0 aromatic heterocycles. The first-order valence-electron chi connectivity index (χ1n) is 10.9. The molecule has 2 spiro atoms. The second-order valence-electron chi connectivity index (χ2n) is 8.22. The Kier molecular flexibility index (Phi) is 10.5. The Hall–Kier alpha value is 1.98. The number of nitrogens with zero attached hydrogens (tertiary/aromatic N) is 6. The number of rotatable bonds is 2. The van der Waals surface area contributed by atoms with Gasteiger partial charge in [-0.3, -0.25) is 0 Å². The largest absolute Gasteiger partial charge is 0.314 e. The SMILES string of the molecule is ClP1(Cl)=NP(Cl)(Cl)=N[P@@]2(=N1)N[C@H](c1ccccc1)CO2.ClP1(Cl)=NP(Cl)(Cl)=N[P@]2(=N1)N[C@H](c1ccccc1)CO2. The third-order valence-corrected chi connectivity index (χ3v) is 28.1. The van der Waals surface area contributed by atoms with Gasteiger partial charge in [0.05, 0.1) is 25.3 Å². The lowest BCUT2D eigenvalue weighted by atomic mass is 10.1. The average Bonchev–Trinajstić information content (AvgIpc) is 3.40. The van der Waals surface area contributed by atoms with E-state index >= 15 is 0 Å². The van der Waals surface area contributed by atoms with Gasteiger partial charge >= 0.3 is 0 Å². The zero-order valence-corrected chi connectivity index (χ0v) is 31.0. The van der Waals surface area contributed by atoms with E-state index in [1.165, 1.54) is 0 Å². The fourth-order valence-electron chi connectivity index (χ4n) is 3.78. The molecule has 0 unspecified atom stereocenters. The highest BCUT2D eigenvalue weighted by atomic mass is 35.9. The standard InChI is InChI=1S/2C8H9Cl4N4OP3/c2*9-18(10)14-19(11,12)16-20(15-18)13-8(6-17-20)7-4-2-1-3-5-7/h2*1-5,8,13H,6H2/t2*8-/m00/s1. The van der Waals surface area contributed by atoms with Gasteiger partial charge in [-0.1, -0.05) is 60.7 Å². The van der Waals surface area contributed by atoms with Crippen molar-refractivity contribution in [3.05, 3.63) is 71.8 Å². The van der Waals surface area contributed by atoms with Crippen molar-refractivity contribution in [3.8, 4) is 0 Å². The van der Waals surface area contributed by atoms with Gasteiger partial charge in [0.15, 0.2) is 0 Å². The molecule has 0 radical (unpaired) electrons. The highest BCUT2D eigenvalue weighted by Crippen LogP contribution is 2.86. The van der Waals surface area contributed by atoms with Crippen LogP contribution >= 0.6 is 129 Å². The summed E-state index contributed by atoms with van der Waals surface area (Å²) < 4.78 is 36.4. The lowest BCUT2D eigenvalue weighted by Gasteiger charge is -2.22. The molecule has 2 N–H and O–H groups in total. The van der Waals surface area contributed by atoms with Crippen LogP contribution in [-0.2, 0) is 9.05 Å². The van der Waals surface area contributed by atoms with Crippen molar-refractivity contribution in [1.29, 1.82) is 0 Å². The summed E-state index contributed by atoms with van der Waals surface area (Å²) in [5.74, 6) is -11.8. The van der Waals surface area contributed by atoms with Gasteiger partial charge in [0, 0.05) is 0 Å². The molecular weight excluding hydrogens is 806 g/mol. The maximum Gasteiger partial charge on any atom is 0.279 e. The molecule has 2 saturated heterocycles. The van der Waals surface area contributed by atoms with Crippen molar-refractivity contribution in [2.24, 2.45) is 27.1 Å². The fourth-order valence-corrected chi connectivity index (χ4v) is 33.2. The summed E-state index contributed by atoms with van der Waals surface area (Å²) in [6.45, 7) is 0.818. The Bertz CT molecular complexity index is 1500. The van der Waals surface area contributed by atoms with Crippen LogP contribution < -0.4 is 10.2 Å². The molecule has 2 aromatic rings. The van der Waals surface area contributed by atoms with E-state index in [9.17, 15) is 0 Å². The molecule has 4 aliphatic heterocycles. The van der Waals surface area contributed by atoms with E-state index in [2.05, 4.69) is 37.3 Å². The van der Waals surface area contributed by atoms with Gasteiger partial charge in [-0.05, 0) is 101 Å². The van der Waals surface area contributed by atoms with Crippen LogP contribution in [0.5, 0.6) is 0 Å². The van der Waals surface area contributed by atoms with Crippen LogP contribution in [0, 0.1) is 0 Å². The smallest absolute Gasteiger partial charge is 0.279 e. The summed E-state index contributed by atoms with van der Waals surface area (Å²) in [5, 5.41) is 6.49. The Labute approximate surface area is 270 Å². The predicted molar refractivity (Wildman–Crippen MR) is 179 cm³/mol. The van der Waals surface area contributed by atoms with E-state index in [4.69, 9.17) is 99.0 Å². The predicted octanol–water partition coefficient (Wildman–Crippen LogP) is 14.3. The summed E-state index contributed by atoms with van der Waals surface area (Å²) >= 11 is 48.6. The molecule has 220 valence electrons. The summed E-state index contributed by atoms with van der Waals surface area (Å²) in [6.07, 6.45) is 0. The number of benzene rings is 2. The summed E-state index contributed by atoms with van der Waals surface area (Å²) in [5.41, 5.74) is 2.14. The molecule has 0 bridgehead atoms. The topological polar surface area (TPSA) is 117 Å². The average molecular weight is 824 g/mol. The lowest BCUT2D eigenvalue weighted by molar-refractivity contribution is 0.358. The van der Waals surface area contributed by atoms with E-state index in [-0.39, 0.29) is 12.1 Å². The summed E-state index contributed by atoms with van der Waals surface area (Å²) in [4.78, 5) is 0. The zero-order valence-electron chi connectivity index (χ0n) is 19.5. The molecule has 2 aromatic carbocycles. The lowest BCUT2D eigenvalue weighted by Crippen LogP contribution is -2.11. The number of hydrogen-bond acceptors (Lipinski definition) is 10. The van der Waals surface area contributed by atoms with E-state index in [0.717, 1.165) is 11.1 Å². The van der Waals surface area contributed by atoms with Gasteiger partial charge in [-0.25, -0.2) is 10.2 Å². The molecule has 24 heteroatoms. The van der Waals surface area contributed by atoms with Crippen molar-refractivity contribution in [2.45, 2.75) is 12.1 Å². The Morgan fingerprint density at radius 1 is 0.500 bits per heavy atom. The van der Waals surface area contributed by atoms with Gasteiger partial charge in [-0.2, -0.15) is 27.1 Å². The number of nitrogens with one attached hydrogen (secondary N) is 2. The number of hydrogen-bond donors (Lipinski definition) is 2. The second-order valence-corrected chi connectivity index (χ2v) is 32.8. The molecule has 0 aliphatic carbocycles. The Balaban J connectivity index is 0.000000161. The van der Waals surface area contributed by atoms with Gasteiger partial charge in [0.2, 0.25) is 0 Å². The molecule has 0 amide bonds. The van der Waals surface area contributed by atoms with Crippen LogP contribution in [0.3, 0.4) is 0 Å². The van der Waals surface area contributed by atoms with Gasteiger partial charge in [-0.15, -0.1) is 0 Å². The molecule has 4 aliphatic rings. The van der Waals surface area contributed by atoms with Crippen LogP contribution in [0.15, 0.2) is 87.8 Å². The van der Waals surface area contributed by atoms with Crippen LogP contribution in [0.25, 0.3) is 0 Å². The van der Waals surface area contributed by atoms with Crippen molar-refractivity contribution < 1.29 is 9.05 Å². The molecular formula is C16H18Cl8N8O2P6. The molecule has 4 atom stereocenters. The molecule has 0 saturated carbocycles. The van der Waals surface area contributed by atoms with E-state index < -0.39 is 38.8 Å². The van der Waals surface area contributed by atoms with E-state index in [1.54, 1.807) is 0 Å². The highest BCUT2D eigenvalue weighted by molar-refractivity contribution is 8.21. The van der Waals surface area contributed by atoms with Crippen LogP contribution in [-0.4, -0.2) is 13.2 Å². The van der Waals surface area contributed by atoms with Crippen molar-refractivity contribution in [2.75, 3.05) is 13.2 Å². The highest BCUT2D eigenvalue weighted by Gasteiger charge is 2.42. The van der Waals surface area contributed by atoms with E-state index in [1.807, 2.05) is 60.7 Å². The van der Waals surface area contributed by atoms with Crippen LogP contribution in [0.4, 0.5) is 0 Å². The Morgan fingerprint density at radius 2 is 0.825 bits per heavy atom. The zero-order chi connectivity index (χ0) is 28.9. The third kappa shape index (κ3) is 8.61. The maximum atomic E-state index is 6.07. The minimum Gasteiger partial charge on any atom is -0.314 e. The second kappa shape index (κ2) is 12.6. The maximum absolute atomic E-state index is 6.07. The third-order valence-electron chi connectivity index (χ3n) is 5.24.